The molecule has 2 N–H and O–H groups in total. The summed E-state index contributed by atoms with van der Waals surface area (Å²) in [5.74, 6) is -2.59. The summed E-state index contributed by atoms with van der Waals surface area (Å²) >= 11 is 0. The molecule has 1 heterocycles. The van der Waals surface area contributed by atoms with Gasteiger partial charge in [0, 0.05) is 24.1 Å². The molecule has 1 fully saturated rings. The molecule has 0 bridgehead atoms. The Hall–Kier alpha value is -2.05. The average molecular weight is 385 g/mol. The van der Waals surface area contributed by atoms with Crippen LogP contribution < -0.4 is 10.6 Å². The highest BCUT2D eigenvalue weighted by Crippen LogP contribution is 2.27. The SMILES string of the molecule is Cc1cc(C(=O)NC2CNCCC2c2ccc(F)c(F)c2)ccc1F.Cl. The highest BCUT2D eigenvalue weighted by Gasteiger charge is 2.28. The van der Waals surface area contributed by atoms with Crippen LogP contribution in [0.15, 0.2) is 36.4 Å². The third-order valence-electron chi connectivity index (χ3n) is 4.59. The monoisotopic (exact) mass is 384 g/mol. The van der Waals surface area contributed by atoms with Gasteiger partial charge in [0.15, 0.2) is 11.6 Å². The van der Waals surface area contributed by atoms with E-state index < -0.39 is 11.6 Å². The third kappa shape index (κ3) is 4.37. The van der Waals surface area contributed by atoms with E-state index in [4.69, 9.17) is 0 Å². The van der Waals surface area contributed by atoms with E-state index in [1.54, 1.807) is 13.0 Å². The van der Waals surface area contributed by atoms with Gasteiger partial charge in [-0.25, -0.2) is 13.2 Å². The van der Waals surface area contributed by atoms with Gasteiger partial charge in [0.05, 0.1) is 0 Å². The molecule has 3 nitrogen and oxygen atoms in total. The first kappa shape index (κ1) is 20.3. The van der Waals surface area contributed by atoms with Crippen molar-refractivity contribution < 1.29 is 18.0 Å². The van der Waals surface area contributed by atoms with Crippen LogP contribution in [-0.4, -0.2) is 25.0 Å². The van der Waals surface area contributed by atoms with Gasteiger partial charge in [0.1, 0.15) is 5.82 Å². The maximum absolute atomic E-state index is 13.6. The van der Waals surface area contributed by atoms with Gasteiger partial charge >= 0.3 is 0 Å². The summed E-state index contributed by atoms with van der Waals surface area (Å²) in [6.07, 6.45) is 0.693. The topological polar surface area (TPSA) is 41.1 Å². The molecule has 1 saturated heterocycles. The number of carbonyl (C=O) groups is 1. The van der Waals surface area contributed by atoms with E-state index in [0.29, 0.717) is 29.7 Å². The first-order valence-corrected chi connectivity index (χ1v) is 8.18. The molecule has 1 amide bonds. The van der Waals surface area contributed by atoms with Crippen molar-refractivity contribution in [2.24, 2.45) is 0 Å². The van der Waals surface area contributed by atoms with Gasteiger partial charge < -0.3 is 10.6 Å². The lowest BCUT2D eigenvalue weighted by Crippen LogP contribution is -2.50. The van der Waals surface area contributed by atoms with Gasteiger partial charge in [-0.2, -0.15) is 0 Å². The quantitative estimate of drug-likeness (QED) is 0.847. The summed E-state index contributed by atoms with van der Waals surface area (Å²) in [7, 11) is 0. The predicted molar refractivity (Wildman–Crippen MR) is 96.2 cm³/mol. The highest BCUT2D eigenvalue weighted by atomic mass is 35.5. The maximum Gasteiger partial charge on any atom is 0.251 e. The van der Waals surface area contributed by atoms with E-state index in [1.807, 2.05) is 0 Å². The molecule has 140 valence electrons. The van der Waals surface area contributed by atoms with Gasteiger partial charge in [-0.15, -0.1) is 12.4 Å². The van der Waals surface area contributed by atoms with Crippen molar-refractivity contribution >= 4 is 18.3 Å². The van der Waals surface area contributed by atoms with Gasteiger partial charge in [0.2, 0.25) is 0 Å². The van der Waals surface area contributed by atoms with E-state index in [9.17, 15) is 18.0 Å². The van der Waals surface area contributed by atoms with Crippen LogP contribution >= 0.6 is 12.4 Å². The van der Waals surface area contributed by atoms with E-state index in [1.165, 1.54) is 24.3 Å². The predicted octanol–water partition coefficient (Wildman–Crippen LogP) is 3.71. The Bertz CT molecular complexity index is 800. The van der Waals surface area contributed by atoms with Crippen molar-refractivity contribution in [2.75, 3.05) is 13.1 Å². The second kappa shape index (κ2) is 8.56. The molecule has 2 atom stereocenters. The molecule has 2 unspecified atom stereocenters. The summed E-state index contributed by atoms with van der Waals surface area (Å²) in [4.78, 5) is 12.5. The Morgan fingerprint density at radius 3 is 2.50 bits per heavy atom. The van der Waals surface area contributed by atoms with Crippen molar-refractivity contribution in [1.29, 1.82) is 0 Å². The molecule has 1 aliphatic heterocycles. The first-order valence-electron chi connectivity index (χ1n) is 8.18. The second-order valence-corrected chi connectivity index (χ2v) is 6.32. The van der Waals surface area contributed by atoms with Crippen molar-refractivity contribution in [2.45, 2.75) is 25.3 Å². The number of halogens is 4. The van der Waals surface area contributed by atoms with Crippen LogP contribution in [0.25, 0.3) is 0 Å². The average Bonchev–Trinajstić information content (AvgIpc) is 2.60. The van der Waals surface area contributed by atoms with Gasteiger partial charge in [-0.3, -0.25) is 4.79 Å². The molecule has 0 aliphatic carbocycles. The smallest absolute Gasteiger partial charge is 0.251 e. The lowest BCUT2D eigenvalue weighted by Gasteiger charge is -2.33. The molecule has 7 heteroatoms. The van der Waals surface area contributed by atoms with Crippen LogP contribution in [0.5, 0.6) is 0 Å². The number of amides is 1. The summed E-state index contributed by atoms with van der Waals surface area (Å²) in [6.45, 7) is 2.85. The Morgan fingerprint density at radius 2 is 1.81 bits per heavy atom. The number of nitrogens with one attached hydrogen (secondary N) is 2. The summed E-state index contributed by atoms with van der Waals surface area (Å²) in [5.41, 5.74) is 1.42. The fraction of sp³-hybridized carbons (Fsp3) is 0.316. The number of benzene rings is 2. The molecule has 2 aromatic carbocycles. The number of hydrogen-bond donors (Lipinski definition) is 2. The lowest BCUT2D eigenvalue weighted by molar-refractivity contribution is 0.0924. The normalized spacial score (nSPS) is 19.5. The maximum atomic E-state index is 13.6. The zero-order valence-corrected chi connectivity index (χ0v) is 15.0. The zero-order valence-electron chi connectivity index (χ0n) is 14.2. The fourth-order valence-corrected chi connectivity index (χ4v) is 3.19. The van der Waals surface area contributed by atoms with Crippen molar-refractivity contribution in [3.63, 3.8) is 0 Å². The summed E-state index contributed by atoms with van der Waals surface area (Å²) in [6, 6.07) is 7.76. The minimum atomic E-state index is -0.893. The van der Waals surface area contributed by atoms with Crippen LogP contribution in [0.1, 0.15) is 33.8 Å². The van der Waals surface area contributed by atoms with E-state index in [2.05, 4.69) is 10.6 Å². The number of rotatable bonds is 3. The zero-order chi connectivity index (χ0) is 18.0. The Kier molecular flexibility index (Phi) is 6.67. The second-order valence-electron chi connectivity index (χ2n) is 6.32. The number of aryl methyl sites for hydroxylation is 1. The van der Waals surface area contributed by atoms with Crippen LogP contribution in [0.4, 0.5) is 13.2 Å². The molecule has 26 heavy (non-hydrogen) atoms. The lowest BCUT2D eigenvalue weighted by atomic mass is 9.85. The standard InChI is InChI=1S/C19H19F3N2O.ClH/c1-11-8-13(3-4-15(11)20)19(25)24-18-10-23-7-6-14(18)12-2-5-16(21)17(22)9-12;/h2-5,8-9,14,18,23H,6-7,10H2,1H3,(H,24,25);1H. The number of hydrogen-bond acceptors (Lipinski definition) is 2. The third-order valence-corrected chi connectivity index (χ3v) is 4.59. The molecular formula is C19H20ClF3N2O. The van der Waals surface area contributed by atoms with E-state index >= 15 is 0 Å². The highest BCUT2D eigenvalue weighted by molar-refractivity contribution is 5.94. The van der Waals surface area contributed by atoms with Crippen LogP contribution in [0, 0.1) is 24.4 Å². The molecule has 1 aliphatic rings. The molecule has 0 aromatic heterocycles. The molecule has 0 saturated carbocycles. The largest absolute Gasteiger partial charge is 0.347 e. The Morgan fingerprint density at radius 1 is 1.08 bits per heavy atom. The minimum absolute atomic E-state index is 0. The summed E-state index contributed by atoms with van der Waals surface area (Å²) < 4.78 is 40.1. The van der Waals surface area contributed by atoms with Crippen molar-refractivity contribution in [3.05, 3.63) is 70.5 Å². The molecular weight excluding hydrogens is 365 g/mol. The molecule has 3 rings (SSSR count). The van der Waals surface area contributed by atoms with Gasteiger partial charge in [-0.05, 0) is 61.3 Å². The first-order chi connectivity index (χ1) is 12.0. The van der Waals surface area contributed by atoms with Crippen LogP contribution in [-0.2, 0) is 0 Å². The summed E-state index contributed by atoms with van der Waals surface area (Å²) in [5, 5.41) is 6.12. The molecule has 2 aromatic rings. The van der Waals surface area contributed by atoms with Crippen molar-refractivity contribution in [1.82, 2.24) is 10.6 Å². The van der Waals surface area contributed by atoms with Gasteiger partial charge in [-0.1, -0.05) is 6.07 Å². The van der Waals surface area contributed by atoms with Crippen molar-refractivity contribution in [3.8, 4) is 0 Å². The Labute approximate surface area is 156 Å². The number of piperidine rings is 1. The van der Waals surface area contributed by atoms with Crippen LogP contribution in [0.3, 0.4) is 0 Å². The number of carbonyl (C=O) groups excluding carboxylic acids is 1. The van der Waals surface area contributed by atoms with E-state index in [-0.39, 0.29) is 36.1 Å². The minimum Gasteiger partial charge on any atom is -0.347 e. The molecule has 0 radical (unpaired) electrons. The Balaban J connectivity index is 0.00000243. The molecule has 0 spiro atoms. The van der Waals surface area contributed by atoms with Gasteiger partial charge in [0.25, 0.3) is 5.91 Å². The van der Waals surface area contributed by atoms with E-state index in [0.717, 1.165) is 12.6 Å². The van der Waals surface area contributed by atoms with Crippen LogP contribution in [0.2, 0.25) is 0 Å². The fourth-order valence-electron chi connectivity index (χ4n) is 3.19.